The Labute approximate surface area is 78.2 Å². The smallest absolute Gasteiger partial charge is 0.130 e. The average molecular weight is 178 g/mol. The molecule has 0 amide bonds. The third kappa shape index (κ3) is 2.90. The van der Waals surface area contributed by atoms with E-state index in [1.165, 1.54) is 0 Å². The number of hydrogen-bond donors (Lipinski definition) is 1. The minimum atomic E-state index is 0.183. The molecular weight excluding hydrogens is 164 g/mol. The molecule has 0 radical (unpaired) electrons. The third-order valence-electron chi connectivity index (χ3n) is 2.08. The Bertz CT molecular complexity index is 316. The van der Waals surface area contributed by atoms with Crippen molar-refractivity contribution in [2.75, 3.05) is 0 Å². The molecule has 2 heteroatoms. The number of rotatable bonds is 3. The summed E-state index contributed by atoms with van der Waals surface area (Å²) in [4.78, 5) is 10.8. The maximum atomic E-state index is 10.8. The van der Waals surface area contributed by atoms with Crippen molar-refractivity contribution in [3.63, 3.8) is 0 Å². The Morgan fingerprint density at radius 3 is 2.77 bits per heavy atom. The van der Waals surface area contributed by atoms with Gasteiger partial charge in [-0.15, -0.1) is 0 Å². The van der Waals surface area contributed by atoms with Crippen LogP contribution in [0.5, 0.6) is 5.75 Å². The lowest BCUT2D eigenvalue weighted by Crippen LogP contribution is -1.95. The number of ketones is 1. The molecule has 0 heterocycles. The van der Waals surface area contributed by atoms with Crippen LogP contribution >= 0.6 is 0 Å². The molecule has 2 nitrogen and oxygen atoms in total. The fourth-order valence-electron chi connectivity index (χ4n) is 1.24. The van der Waals surface area contributed by atoms with Gasteiger partial charge in [0.1, 0.15) is 11.5 Å². The Morgan fingerprint density at radius 2 is 2.15 bits per heavy atom. The molecule has 1 N–H and O–H groups in total. The summed E-state index contributed by atoms with van der Waals surface area (Å²) in [5.41, 5.74) is 2.18. The van der Waals surface area contributed by atoms with Crippen molar-refractivity contribution < 1.29 is 9.90 Å². The first-order valence-corrected chi connectivity index (χ1v) is 4.37. The van der Waals surface area contributed by atoms with Crippen LogP contribution in [0.2, 0.25) is 0 Å². The van der Waals surface area contributed by atoms with Crippen LogP contribution in [0.25, 0.3) is 0 Å². The number of phenols is 1. The molecule has 0 atom stereocenters. The number of phenolic OH excluding ortho intramolecular Hbond substituents is 1. The Morgan fingerprint density at radius 1 is 1.46 bits per heavy atom. The number of Topliss-reactive ketones (excluding diaryl/α,β-unsaturated/α-hetero) is 1. The molecule has 0 aliphatic heterocycles. The van der Waals surface area contributed by atoms with E-state index >= 15 is 0 Å². The molecule has 0 aliphatic carbocycles. The monoisotopic (exact) mass is 178 g/mol. The number of carbonyl (C=O) groups excluding carboxylic acids is 1. The summed E-state index contributed by atoms with van der Waals surface area (Å²) in [6, 6.07) is 5.25. The van der Waals surface area contributed by atoms with Crippen LogP contribution in [0.3, 0.4) is 0 Å². The van der Waals surface area contributed by atoms with Crippen molar-refractivity contribution in [3.8, 4) is 5.75 Å². The molecule has 1 aromatic carbocycles. The van der Waals surface area contributed by atoms with Crippen LogP contribution in [0, 0.1) is 6.92 Å². The van der Waals surface area contributed by atoms with Crippen molar-refractivity contribution >= 4 is 5.78 Å². The van der Waals surface area contributed by atoms with Crippen molar-refractivity contribution in [2.24, 2.45) is 0 Å². The van der Waals surface area contributed by atoms with E-state index in [1.54, 1.807) is 19.1 Å². The molecule has 1 aromatic rings. The molecule has 0 aliphatic rings. The van der Waals surface area contributed by atoms with Crippen molar-refractivity contribution in [1.82, 2.24) is 0 Å². The molecular formula is C11H14O2. The van der Waals surface area contributed by atoms with E-state index in [4.69, 9.17) is 0 Å². The van der Waals surface area contributed by atoms with E-state index in [2.05, 4.69) is 0 Å². The van der Waals surface area contributed by atoms with E-state index in [0.29, 0.717) is 6.42 Å². The predicted octanol–water partition coefficient (Wildman–Crippen LogP) is 2.22. The number of hydrogen-bond acceptors (Lipinski definition) is 2. The van der Waals surface area contributed by atoms with Gasteiger partial charge in [0.05, 0.1) is 0 Å². The van der Waals surface area contributed by atoms with Gasteiger partial charge in [-0.25, -0.2) is 0 Å². The highest BCUT2D eigenvalue weighted by molar-refractivity contribution is 5.75. The van der Waals surface area contributed by atoms with Gasteiger partial charge in [0.15, 0.2) is 0 Å². The zero-order valence-corrected chi connectivity index (χ0v) is 8.00. The van der Waals surface area contributed by atoms with Gasteiger partial charge in [-0.2, -0.15) is 0 Å². The highest BCUT2D eigenvalue weighted by Gasteiger charge is 2.01. The molecule has 0 aromatic heterocycles. The van der Waals surface area contributed by atoms with Crippen LogP contribution in [0.1, 0.15) is 24.5 Å². The van der Waals surface area contributed by atoms with Crippen LogP contribution in [0.15, 0.2) is 18.2 Å². The van der Waals surface area contributed by atoms with E-state index in [1.807, 2.05) is 13.0 Å². The molecule has 13 heavy (non-hydrogen) atoms. The van der Waals surface area contributed by atoms with Gasteiger partial charge < -0.3 is 9.90 Å². The number of aryl methyl sites for hydroxylation is 2. The highest BCUT2D eigenvalue weighted by Crippen LogP contribution is 2.17. The fourth-order valence-corrected chi connectivity index (χ4v) is 1.24. The molecule has 0 saturated heterocycles. The van der Waals surface area contributed by atoms with Crippen LogP contribution in [0.4, 0.5) is 0 Å². The zero-order chi connectivity index (χ0) is 9.84. The second-order valence-corrected chi connectivity index (χ2v) is 3.31. The van der Waals surface area contributed by atoms with Crippen LogP contribution in [-0.2, 0) is 11.2 Å². The van der Waals surface area contributed by atoms with Crippen molar-refractivity contribution in [1.29, 1.82) is 0 Å². The first-order chi connectivity index (χ1) is 6.09. The van der Waals surface area contributed by atoms with Gasteiger partial charge in [0.25, 0.3) is 0 Å². The van der Waals surface area contributed by atoms with Crippen molar-refractivity contribution in [2.45, 2.75) is 26.7 Å². The van der Waals surface area contributed by atoms with Crippen LogP contribution in [-0.4, -0.2) is 10.9 Å². The van der Waals surface area contributed by atoms with Crippen LogP contribution < -0.4 is 0 Å². The average Bonchev–Trinajstić information content (AvgIpc) is 2.06. The third-order valence-corrected chi connectivity index (χ3v) is 2.08. The molecule has 70 valence electrons. The lowest BCUT2D eigenvalue weighted by atomic mass is 10.0. The van der Waals surface area contributed by atoms with E-state index < -0.39 is 0 Å². The second kappa shape index (κ2) is 4.08. The molecule has 0 spiro atoms. The summed E-state index contributed by atoms with van der Waals surface area (Å²) in [5.74, 6) is 0.451. The summed E-state index contributed by atoms with van der Waals surface area (Å²) in [6.07, 6.45) is 1.26. The SMILES string of the molecule is CC(=O)CCc1cc(O)ccc1C. The van der Waals surface area contributed by atoms with Gasteiger partial charge in [-0.05, 0) is 43.5 Å². The normalized spacial score (nSPS) is 10.0. The molecule has 0 bridgehead atoms. The van der Waals surface area contributed by atoms with E-state index in [9.17, 15) is 9.90 Å². The summed E-state index contributed by atoms with van der Waals surface area (Å²) in [5, 5.41) is 9.22. The maximum Gasteiger partial charge on any atom is 0.130 e. The standard InChI is InChI=1S/C11H14O2/c1-8-3-6-11(13)7-10(8)5-4-9(2)12/h3,6-7,13H,4-5H2,1-2H3. The topological polar surface area (TPSA) is 37.3 Å². The van der Waals surface area contributed by atoms with Gasteiger partial charge in [-0.3, -0.25) is 0 Å². The van der Waals surface area contributed by atoms with Gasteiger partial charge >= 0.3 is 0 Å². The first-order valence-electron chi connectivity index (χ1n) is 4.37. The summed E-state index contributed by atoms with van der Waals surface area (Å²) >= 11 is 0. The highest BCUT2D eigenvalue weighted by atomic mass is 16.3. The molecule has 0 unspecified atom stereocenters. The summed E-state index contributed by atoms with van der Waals surface area (Å²) in [6.45, 7) is 3.56. The Hall–Kier alpha value is -1.31. The minimum Gasteiger partial charge on any atom is -0.508 e. The van der Waals surface area contributed by atoms with Gasteiger partial charge in [0.2, 0.25) is 0 Å². The van der Waals surface area contributed by atoms with E-state index in [-0.39, 0.29) is 11.5 Å². The Kier molecular flexibility index (Phi) is 3.07. The fraction of sp³-hybridized carbons (Fsp3) is 0.364. The zero-order valence-electron chi connectivity index (χ0n) is 8.00. The van der Waals surface area contributed by atoms with E-state index in [0.717, 1.165) is 17.5 Å². The second-order valence-electron chi connectivity index (χ2n) is 3.31. The molecule has 0 saturated carbocycles. The maximum absolute atomic E-state index is 10.8. The summed E-state index contributed by atoms with van der Waals surface area (Å²) < 4.78 is 0. The number of aromatic hydroxyl groups is 1. The first kappa shape index (κ1) is 9.78. The van der Waals surface area contributed by atoms with Gasteiger partial charge in [-0.1, -0.05) is 6.07 Å². The minimum absolute atomic E-state index is 0.183. The lowest BCUT2D eigenvalue weighted by molar-refractivity contribution is -0.116. The van der Waals surface area contributed by atoms with Crippen molar-refractivity contribution in [3.05, 3.63) is 29.3 Å². The van der Waals surface area contributed by atoms with Gasteiger partial charge in [0, 0.05) is 6.42 Å². The molecule has 1 rings (SSSR count). The quantitative estimate of drug-likeness (QED) is 0.770. The predicted molar refractivity (Wildman–Crippen MR) is 51.8 cm³/mol. The molecule has 0 fully saturated rings. The number of benzene rings is 1. The Balaban J connectivity index is 2.75. The summed E-state index contributed by atoms with van der Waals surface area (Å²) in [7, 11) is 0. The largest absolute Gasteiger partial charge is 0.508 e. The lowest BCUT2D eigenvalue weighted by Gasteiger charge is -2.04. The number of carbonyl (C=O) groups is 1.